The summed E-state index contributed by atoms with van der Waals surface area (Å²) in [5, 5.41) is 0. The third kappa shape index (κ3) is 6.27. The Morgan fingerprint density at radius 2 is 1.90 bits per heavy atom. The summed E-state index contributed by atoms with van der Waals surface area (Å²) in [5.74, 6) is 5.04. The maximum atomic E-state index is 11.5. The summed E-state index contributed by atoms with van der Waals surface area (Å²) in [6, 6.07) is 8.62. The number of hydrogen-bond acceptors (Lipinski definition) is 3. The molecule has 0 saturated carbocycles. The zero-order valence-electron chi connectivity index (χ0n) is 13.6. The molecule has 0 aromatic heterocycles. The van der Waals surface area contributed by atoms with E-state index < -0.39 is 0 Å². The van der Waals surface area contributed by atoms with Gasteiger partial charge >= 0.3 is 0 Å². The Kier molecular flexibility index (Phi) is 8.01. The number of rotatable bonds is 9. The summed E-state index contributed by atoms with van der Waals surface area (Å²) in [4.78, 5) is 14.0. The first kappa shape index (κ1) is 17.7. The van der Waals surface area contributed by atoms with Crippen LogP contribution in [0.1, 0.15) is 51.2 Å². The lowest BCUT2D eigenvalue weighted by Gasteiger charge is -2.27. The Morgan fingerprint density at radius 1 is 1.24 bits per heavy atom. The minimum absolute atomic E-state index is 0.149. The quantitative estimate of drug-likeness (QED) is 0.318. The third-order valence-corrected chi connectivity index (χ3v) is 3.78. The van der Waals surface area contributed by atoms with Gasteiger partial charge in [-0.2, -0.15) is 0 Å². The minimum Gasteiger partial charge on any atom is -0.297 e. The van der Waals surface area contributed by atoms with Crippen LogP contribution in [0.5, 0.6) is 0 Å². The highest BCUT2D eigenvalue weighted by molar-refractivity contribution is 5.78. The molecule has 0 aliphatic carbocycles. The summed E-state index contributed by atoms with van der Waals surface area (Å²) >= 11 is 0. The van der Waals surface area contributed by atoms with E-state index in [2.05, 4.69) is 37.2 Å². The van der Waals surface area contributed by atoms with Crippen LogP contribution in [0.2, 0.25) is 0 Å². The first-order chi connectivity index (χ1) is 10.1. The predicted molar refractivity (Wildman–Crippen MR) is 87.5 cm³/mol. The fourth-order valence-electron chi connectivity index (χ4n) is 2.41. The smallest absolute Gasteiger partial charge is 0.238 e. The third-order valence-electron chi connectivity index (χ3n) is 3.78. The lowest BCUT2D eigenvalue weighted by Crippen LogP contribution is -2.33. The van der Waals surface area contributed by atoms with Gasteiger partial charge in [-0.1, -0.05) is 44.0 Å². The lowest BCUT2D eigenvalue weighted by atomic mass is 10.0. The van der Waals surface area contributed by atoms with Crippen LogP contribution in [0.15, 0.2) is 24.3 Å². The van der Waals surface area contributed by atoms with Gasteiger partial charge in [-0.05, 0) is 37.9 Å². The van der Waals surface area contributed by atoms with E-state index in [9.17, 15) is 4.79 Å². The molecule has 0 fully saturated rings. The lowest BCUT2D eigenvalue weighted by molar-refractivity contribution is -0.120. The van der Waals surface area contributed by atoms with Crippen molar-refractivity contribution in [3.05, 3.63) is 35.4 Å². The first-order valence-corrected chi connectivity index (χ1v) is 7.88. The topological polar surface area (TPSA) is 58.4 Å². The SMILES string of the molecule is CCCCCN(Cc1ccccc1CC(=O)NN)C(C)C. The van der Waals surface area contributed by atoms with Crippen LogP contribution >= 0.6 is 0 Å². The predicted octanol–water partition coefficient (Wildman–Crippen LogP) is 2.62. The molecular weight excluding hydrogens is 262 g/mol. The largest absolute Gasteiger partial charge is 0.297 e. The molecule has 0 saturated heterocycles. The van der Waals surface area contributed by atoms with E-state index in [0.29, 0.717) is 12.5 Å². The van der Waals surface area contributed by atoms with E-state index in [1.54, 1.807) is 0 Å². The second-order valence-electron chi connectivity index (χ2n) is 5.78. The normalized spacial score (nSPS) is 11.1. The zero-order chi connectivity index (χ0) is 15.7. The highest BCUT2D eigenvalue weighted by Gasteiger charge is 2.13. The number of nitrogens with zero attached hydrogens (tertiary/aromatic N) is 1. The maximum absolute atomic E-state index is 11.5. The number of carbonyl (C=O) groups excluding carboxylic acids is 1. The molecule has 0 radical (unpaired) electrons. The molecule has 0 atom stereocenters. The van der Waals surface area contributed by atoms with Crippen molar-refractivity contribution in [2.45, 2.75) is 59.0 Å². The van der Waals surface area contributed by atoms with Crippen LogP contribution in [0.25, 0.3) is 0 Å². The molecule has 4 nitrogen and oxygen atoms in total. The molecule has 0 aliphatic rings. The van der Waals surface area contributed by atoms with Gasteiger partial charge in [0.2, 0.25) is 5.91 Å². The number of carbonyl (C=O) groups is 1. The van der Waals surface area contributed by atoms with Gasteiger partial charge in [-0.15, -0.1) is 0 Å². The summed E-state index contributed by atoms with van der Waals surface area (Å²) in [6.07, 6.45) is 4.06. The van der Waals surface area contributed by atoms with Crippen LogP contribution in [-0.4, -0.2) is 23.4 Å². The second kappa shape index (κ2) is 9.53. The number of nitrogens with two attached hydrogens (primary N) is 1. The minimum atomic E-state index is -0.149. The molecule has 1 rings (SSSR count). The van der Waals surface area contributed by atoms with E-state index in [4.69, 9.17) is 5.84 Å². The molecule has 1 aromatic carbocycles. The summed E-state index contributed by atoms with van der Waals surface area (Å²) in [5.41, 5.74) is 4.48. The van der Waals surface area contributed by atoms with Crippen molar-refractivity contribution < 1.29 is 4.79 Å². The average molecular weight is 291 g/mol. The van der Waals surface area contributed by atoms with Crippen molar-refractivity contribution in [1.29, 1.82) is 0 Å². The monoisotopic (exact) mass is 291 g/mol. The molecule has 21 heavy (non-hydrogen) atoms. The van der Waals surface area contributed by atoms with Gasteiger partial charge < -0.3 is 0 Å². The van der Waals surface area contributed by atoms with Crippen LogP contribution in [0.4, 0.5) is 0 Å². The van der Waals surface area contributed by atoms with E-state index in [1.807, 2.05) is 18.2 Å². The standard InChI is InChI=1S/C17H29N3O/c1-4-5-8-11-20(14(2)3)13-16-10-7-6-9-15(16)12-17(21)19-18/h6-7,9-10,14H,4-5,8,11-13,18H2,1-3H3,(H,19,21). The summed E-state index contributed by atoms with van der Waals surface area (Å²) in [7, 11) is 0. The molecule has 0 unspecified atom stereocenters. The molecule has 118 valence electrons. The Bertz CT molecular complexity index is 432. The van der Waals surface area contributed by atoms with Gasteiger partial charge in [-0.3, -0.25) is 15.1 Å². The molecule has 0 spiro atoms. The van der Waals surface area contributed by atoms with Gasteiger partial charge in [0.05, 0.1) is 6.42 Å². The molecule has 0 bridgehead atoms. The van der Waals surface area contributed by atoms with Crippen LogP contribution in [-0.2, 0) is 17.8 Å². The van der Waals surface area contributed by atoms with Crippen molar-refractivity contribution in [2.24, 2.45) is 5.84 Å². The van der Waals surface area contributed by atoms with Crippen LogP contribution < -0.4 is 11.3 Å². The molecule has 3 N–H and O–H groups in total. The molecule has 0 aliphatic heterocycles. The van der Waals surface area contributed by atoms with Crippen LogP contribution in [0.3, 0.4) is 0 Å². The van der Waals surface area contributed by atoms with Gasteiger partial charge in [-0.25, -0.2) is 5.84 Å². The van der Waals surface area contributed by atoms with Crippen molar-refractivity contribution in [2.75, 3.05) is 6.54 Å². The number of amides is 1. The number of hydrazine groups is 1. The summed E-state index contributed by atoms with van der Waals surface area (Å²) < 4.78 is 0. The van der Waals surface area contributed by atoms with Gasteiger partial charge in [0.15, 0.2) is 0 Å². The van der Waals surface area contributed by atoms with Gasteiger partial charge in [0.25, 0.3) is 0 Å². The Hall–Kier alpha value is -1.39. The van der Waals surface area contributed by atoms with Crippen LogP contribution in [0, 0.1) is 0 Å². The van der Waals surface area contributed by atoms with E-state index in [0.717, 1.165) is 18.7 Å². The molecule has 1 amide bonds. The Labute approximate surface area is 128 Å². The first-order valence-electron chi connectivity index (χ1n) is 7.88. The Balaban J connectivity index is 2.75. The molecule has 1 aromatic rings. The number of nitrogens with one attached hydrogen (secondary N) is 1. The van der Waals surface area contributed by atoms with E-state index in [1.165, 1.54) is 24.8 Å². The van der Waals surface area contributed by atoms with Crippen molar-refractivity contribution >= 4 is 5.91 Å². The van der Waals surface area contributed by atoms with E-state index >= 15 is 0 Å². The highest BCUT2D eigenvalue weighted by Crippen LogP contribution is 2.15. The number of hydrogen-bond donors (Lipinski definition) is 2. The van der Waals surface area contributed by atoms with Crippen molar-refractivity contribution in [1.82, 2.24) is 10.3 Å². The summed E-state index contributed by atoms with van der Waals surface area (Å²) in [6.45, 7) is 8.65. The van der Waals surface area contributed by atoms with Gasteiger partial charge in [0.1, 0.15) is 0 Å². The average Bonchev–Trinajstić information content (AvgIpc) is 2.47. The maximum Gasteiger partial charge on any atom is 0.238 e. The van der Waals surface area contributed by atoms with Gasteiger partial charge in [0, 0.05) is 12.6 Å². The highest BCUT2D eigenvalue weighted by atomic mass is 16.2. The molecule has 0 heterocycles. The fourth-order valence-corrected chi connectivity index (χ4v) is 2.41. The Morgan fingerprint density at radius 3 is 2.48 bits per heavy atom. The number of unbranched alkanes of at least 4 members (excludes halogenated alkanes) is 2. The molecule has 4 heteroatoms. The van der Waals surface area contributed by atoms with E-state index in [-0.39, 0.29) is 5.91 Å². The molecular formula is C17H29N3O. The fraction of sp³-hybridized carbons (Fsp3) is 0.588. The van der Waals surface area contributed by atoms with Crippen molar-refractivity contribution in [3.8, 4) is 0 Å². The van der Waals surface area contributed by atoms with Crippen molar-refractivity contribution in [3.63, 3.8) is 0 Å². The number of benzene rings is 1. The zero-order valence-corrected chi connectivity index (χ0v) is 13.6. The second-order valence-corrected chi connectivity index (χ2v) is 5.78.